The summed E-state index contributed by atoms with van der Waals surface area (Å²) in [5, 5.41) is 3.66. The van der Waals surface area contributed by atoms with Crippen molar-refractivity contribution in [3.8, 4) is 5.75 Å². The number of carbonyl (C=O) groups is 1. The van der Waals surface area contributed by atoms with Crippen LogP contribution < -0.4 is 10.1 Å². The summed E-state index contributed by atoms with van der Waals surface area (Å²) < 4.78 is 5.73. The zero-order chi connectivity index (χ0) is 22.4. The molecular formula is C27H30N4O2. The number of para-hydroxylation sites is 1. The summed E-state index contributed by atoms with van der Waals surface area (Å²) in [6.45, 7) is 5.40. The molecule has 1 amide bonds. The van der Waals surface area contributed by atoms with E-state index in [0.717, 1.165) is 74.0 Å². The number of hydrogen-bond acceptors (Lipinski definition) is 5. The van der Waals surface area contributed by atoms with Gasteiger partial charge in [-0.3, -0.25) is 4.79 Å². The van der Waals surface area contributed by atoms with Crippen molar-refractivity contribution in [1.29, 1.82) is 0 Å². The Morgan fingerprint density at radius 1 is 1.09 bits per heavy atom. The highest BCUT2D eigenvalue weighted by atomic mass is 16.5. The first-order valence-corrected chi connectivity index (χ1v) is 12.0. The van der Waals surface area contributed by atoms with E-state index in [0.29, 0.717) is 12.5 Å². The van der Waals surface area contributed by atoms with Gasteiger partial charge in [-0.1, -0.05) is 18.2 Å². The second-order valence-electron chi connectivity index (χ2n) is 9.38. The molecule has 1 fully saturated rings. The standard InChI is InChI=1S/C27H30N4O2/c1-29-13-15-30(16-14-29)11-9-25(32)31-12-8-22-21-4-2-3-5-23(21)28-26(22)27(31)20-6-7-24-19(18-20)10-17-33-24/h2-7,9,11,18,22,28H,8,10,12-17H2,1H3/b11-9+. The van der Waals surface area contributed by atoms with Crippen molar-refractivity contribution in [1.82, 2.24) is 14.7 Å². The highest BCUT2D eigenvalue weighted by molar-refractivity contribution is 5.97. The van der Waals surface area contributed by atoms with Crippen LogP contribution in [-0.4, -0.2) is 67.0 Å². The molecule has 0 aromatic heterocycles. The third-order valence-electron chi connectivity index (χ3n) is 7.32. The van der Waals surface area contributed by atoms with Crippen LogP contribution in [-0.2, 0) is 11.2 Å². The van der Waals surface area contributed by atoms with Crippen LogP contribution in [0.15, 0.2) is 60.4 Å². The topological polar surface area (TPSA) is 48.0 Å². The lowest BCUT2D eigenvalue weighted by Gasteiger charge is -2.34. The maximum absolute atomic E-state index is 13.5. The van der Waals surface area contributed by atoms with Gasteiger partial charge in [0.1, 0.15) is 5.75 Å². The summed E-state index contributed by atoms with van der Waals surface area (Å²) in [5.74, 6) is 1.31. The van der Waals surface area contributed by atoms with Crippen molar-refractivity contribution in [2.24, 2.45) is 0 Å². The zero-order valence-electron chi connectivity index (χ0n) is 19.1. The Morgan fingerprint density at radius 2 is 1.94 bits per heavy atom. The third kappa shape index (κ3) is 3.68. The molecule has 4 aliphatic rings. The van der Waals surface area contributed by atoms with Crippen LogP contribution in [0.2, 0.25) is 0 Å². The fourth-order valence-electron chi connectivity index (χ4n) is 5.44. The number of piperazine rings is 1. The summed E-state index contributed by atoms with van der Waals surface area (Å²) in [7, 11) is 2.14. The number of hydrogen-bond donors (Lipinski definition) is 1. The number of amides is 1. The second-order valence-corrected chi connectivity index (χ2v) is 9.38. The molecule has 1 saturated heterocycles. The molecule has 2 aromatic rings. The summed E-state index contributed by atoms with van der Waals surface area (Å²) in [6, 6.07) is 14.9. The van der Waals surface area contributed by atoms with E-state index in [9.17, 15) is 4.79 Å². The van der Waals surface area contributed by atoms with Crippen molar-refractivity contribution in [3.05, 3.63) is 77.1 Å². The minimum atomic E-state index is 0.0457. The molecule has 4 heterocycles. The predicted octanol–water partition coefficient (Wildman–Crippen LogP) is 3.49. The van der Waals surface area contributed by atoms with E-state index in [1.54, 1.807) is 6.08 Å². The van der Waals surface area contributed by atoms with Gasteiger partial charge in [0.2, 0.25) is 0 Å². The van der Waals surface area contributed by atoms with Gasteiger partial charge in [-0.05, 0) is 48.9 Å². The first-order valence-electron chi connectivity index (χ1n) is 12.0. The smallest absolute Gasteiger partial charge is 0.252 e. The van der Waals surface area contributed by atoms with Gasteiger partial charge in [0.15, 0.2) is 0 Å². The monoisotopic (exact) mass is 442 g/mol. The fourth-order valence-corrected chi connectivity index (χ4v) is 5.44. The number of likely N-dealkylation sites (N-methyl/N-ethyl adjacent to an activating group) is 1. The van der Waals surface area contributed by atoms with Crippen LogP contribution in [0.1, 0.15) is 29.0 Å². The number of rotatable bonds is 3. The molecule has 4 aliphatic heterocycles. The molecule has 6 heteroatoms. The Hall–Kier alpha value is -3.25. The van der Waals surface area contributed by atoms with Crippen molar-refractivity contribution in [2.45, 2.75) is 18.8 Å². The van der Waals surface area contributed by atoms with Gasteiger partial charge in [-0.15, -0.1) is 0 Å². The lowest BCUT2D eigenvalue weighted by atomic mass is 9.88. The van der Waals surface area contributed by atoms with Gasteiger partial charge in [0.05, 0.1) is 12.3 Å². The van der Waals surface area contributed by atoms with Crippen molar-refractivity contribution < 1.29 is 9.53 Å². The van der Waals surface area contributed by atoms with Crippen molar-refractivity contribution in [3.63, 3.8) is 0 Å². The van der Waals surface area contributed by atoms with E-state index in [2.05, 4.69) is 64.6 Å². The molecule has 170 valence electrons. The first-order chi connectivity index (χ1) is 16.2. The molecule has 0 spiro atoms. The number of fused-ring (bicyclic) bond motifs is 4. The molecule has 1 unspecified atom stereocenters. The fraction of sp³-hybridized carbons (Fsp3) is 0.370. The van der Waals surface area contributed by atoms with Crippen molar-refractivity contribution in [2.75, 3.05) is 51.7 Å². The number of carbonyl (C=O) groups excluding carboxylic acids is 1. The van der Waals surface area contributed by atoms with Crippen LogP contribution in [0.5, 0.6) is 5.75 Å². The van der Waals surface area contributed by atoms with E-state index in [-0.39, 0.29) is 5.91 Å². The third-order valence-corrected chi connectivity index (χ3v) is 7.32. The maximum atomic E-state index is 13.5. The Balaban J connectivity index is 1.36. The molecule has 1 N–H and O–H groups in total. The van der Waals surface area contributed by atoms with Gasteiger partial charge < -0.3 is 24.8 Å². The molecule has 6 nitrogen and oxygen atoms in total. The van der Waals surface area contributed by atoms with Crippen LogP contribution in [0.3, 0.4) is 0 Å². The van der Waals surface area contributed by atoms with E-state index in [1.165, 1.54) is 11.1 Å². The summed E-state index contributed by atoms with van der Waals surface area (Å²) in [5.41, 5.74) is 6.93. The normalized spacial score (nSPS) is 22.2. The summed E-state index contributed by atoms with van der Waals surface area (Å²) in [6.07, 6.45) is 5.58. The number of nitrogens with zero attached hydrogens (tertiary/aromatic N) is 3. The van der Waals surface area contributed by atoms with E-state index < -0.39 is 0 Å². The Kier molecular flexibility index (Phi) is 5.10. The Bertz CT molecular complexity index is 1150. The molecule has 33 heavy (non-hydrogen) atoms. The van der Waals surface area contributed by atoms with Crippen molar-refractivity contribution >= 4 is 17.3 Å². The highest BCUT2D eigenvalue weighted by Crippen LogP contribution is 2.47. The zero-order valence-corrected chi connectivity index (χ0v) is 19.1. The number of ether oxygens (including phenoxy) is 1. The molecular weight excluding hydrogens is 412 g/mol. The number of allylic oxidation sites excluding steroid dienone is 1. The van der Waals surface area contributed by atoms with Crippen LogP contribution >= 0.6 is 0 Å². The minimum Gasteiger partial charge on any atom is -0.493 e. The number of anilines is 1. The Labute approximate surface area is 195 Å². The first kappa shape index (κ1) is 20.4. The van der Waals surface area contributed by atoms with E-state index >= 15 is 0 Å². The van der Waals surface area contributed by atoms with Gasteiger partial charge >= 0.3 is 0 Å². The number of benzene rings is 2. The lowest BCUT2D eigenvalue weighted by Crippen LogP contribution is -2.42. The lowest BCUT2D eigenvalue weighted by molar-refractivity contribution is -0.123. The molecule has 6 rings (SSSR count). The van der Waals surface area contributed by atoms with Crippen LogP contribution in [0.25, 0.3) is 5.70 Å². The average molecular weight is 443 g/mol. The van der Waals surface area contributed by atoms with Crippen LogP contribution in [0, 0.1) is 0 Å². The molecule has 0 aliphatic carbocycles. The molecule has 0 radical (unpaired) electrons. The van der Waals surface area contributed by atoms with Gasteiger partial charge in [-0.25, -0.2) is 0 Å². The Morgan fingerprint density at radius 3 is 2.82 bits per heavy atom. The molecule has 0 bridgehead atoms. The van der Waals surface area contributed by atoms with E-state index in [4.69, 9.17) is 4.74 Å². The number of nitrogens with one attached hydrogen (secondary N) is 1. The van der Waals surface area contributed by atoms with Gasteiger partial charge in [0, 0.05) is 74.3 Å². The van der Waals surface area contributed by atoms with Gasteiger partial charge in [0.25, 0.3) is 5.91 Å². The maximum Gasteiger partial charge on any atom is 0.252 e. The predicted molar refractivity (Wildman–Crippen MR) is 130 cm³/mol. The minimum absolute atomic E-state index is 0.0457. The molecule has 1 atom stereocenters. The van der Waals surface area contributed by atoms with Crippen LogP contribution in [0.4, 0.5) is 5.69 Å². The molecule has 2 aromatic carbocycles. The highest BCUT2D eigenvalue weighted by Gasteiger charge is 2.37. The summed E-state index contributed by atoms with van der Waals surface area (Å²) in [4.78, 5) is 20.0. The molecule has 0 saturated carbocycles. The van der Waals surface area contributed by atoms with Gasteiger partial charge in [-0.2, -0.15) is 0 Å². The van der Waals surface area contributed by atoms with E-state index in [1.807, 2.05) is 11.1 Å². The second kappa shape index (κ2) is 8.27. The average Bonchev–Trinajstić information content (AvgIpc) is 3.46. The SMILES string of the molecule is CN1CCN(/C=C/C(=O)N2CCC3C(=C2c2ccc4c(c2)CCO4)Nc2ccccc23)CC1. The largest absolute Gasteiger partial charge is 0.493 e. The summed E-state index contributed by atoms with van der Waals surface area (Å²) >= 11 is 0. The quantitative estimate of drug-likeness (QED) is 0.738.